The fraction of sp³-hybridized carbons (Fsp3) is 0.423. The van der Waals surface area contributed by atoms with E-state index in [9.17, 15) is 9.90 Å². The summed E-state index contributed by atoms with van der Waals surface area (Å²) in [6, 6.07) is 17.1. The summed E-state index contributed by atoms with van der Waals surface area (Å²) in [6.45, 7) is 1.97. The van der Waals surface area contributed by atoms with Crippen molar-refractivity contribution in [2.45, 2.75) is 43.8 Å². The molecule has 2 N–H and O–H groups in total. The molecule has 0 aliphatic heterocycles. The molecular formula is C26H31NO4S2. The van der Waals surface area contributed by atoms with Gasteiger partial charge in [0.25, 0.3) is 0 Å². The minimum Gasteiger partial charge on any atom is -0.494 e. The summed E-state index contributed by atoms with van der Waals surface area (Å²) in [5, 5.41) is 18.7. The van der Waals surface area contributed by atoms with Crippen molar-refractivity contribution < 1.29 is 19.4 Å². The second-order valence-electron chi connectivity index (χ2n) is 8.37. The molecule has 176 valence electrons. The number of rotatable bonds is 12. The highest BCUT2D eigenvalue weighted by Crippen LogP contribution is 2.38. The van der Waals surface area contributed by atoms with Crippen LogP contribution in [0.4, 0.5) is 0 Å². The Balaban J connectivity index is 1.35. The average Bonchev–Trinajstić information content (AvgIpc) is 3.64. The molecule has 1 fully saturated rings. The number of nitrogens with one attached hydrogen (secondary N) is 1. The van der Waals surface area contributed by atoms with Crippen molar-refractivity contribution in [3.8, 4) is 5.75 Å². The maximum Gasteiger partial charge on any atom is 0.349 e. The standard InChI is InChI=1S/C26H31NO4S2/c28-25(26(29,23-13-6-17-32-23)24-14-7-18-33-24)31-22(20-9-4-5-10-20)19-27-15-8-16-30-21-11-2-1-3-12-21/h1-3,6-7,11-14,17-18,20,22,27,29H,4-5,8-10,15-16,19H2/t22-/m0/s1. The smallest absolute Gasteiger partial charge is 0.349 e. The van der Waals surface area contributed by atoms with Gasteiger partial charge in [-0.15, -0.1) is 22.7 Å². The first-order valence-electron chi connectivity index (χ1n) is 11.6. The Kier molecular flexibility index (Phi) is 8.56. The molecule has 1 atom stereocenters. The van der Waals surface area contributed by atoms with Crippen LogP contribution in [0.1, 0.15) is 41.9 Å². The molecule has 0 spiro atoms. The van der Waals surface area contributed by atoms with Crippen LogP contribution in [-0.4, -0.2) is 36.9 Å². The first-order chi connectivity index (χ1) is 16.2. The van der Waals surface area contributed by atoms with Gasteiger partial charge in [-0.25, -0.2) is 4.79 Å². The van der Waals surface area contributed by atoms with Gasteiger partial charge in [0.1, 0.15) is 11.9 Å². The number of hydrogen-bond acceptors (Lipinski definition) is 7. The zero-order valence-corrected chi connectivity index (χ0v) is 20.3. The van der Waals surface area contributed by atoms with Crippen molar-refractivity contribution in [3.05, 3.63) is 75.1 Å². The SMILES string of the molecule is O=C(O[C@@H](CNCCCOc1ccccc1)C1CCCC1)C(O)(c1cccs1)c1cccs1. The fourth-order valence-corrected chi connectivity index (χ4v) is 6.01. The predicted octanol–water partition coefficient (Wildman–Crippen LogP) is 5.21. The van der Waals surface area contributed by atoms with E-state index in [-0.39, 0.29) is 6.10 Å². The highest BCUT2D eigenvalue weighted by atomic mass is 32.1. The fourth-order valence-electron chi connectivity index (χ4n) is 4.30. The molecule has 1 aliphatic rings. The van der Waals surface area contributed by atoms with Crippen LogP contribution in [0.5, 0.6) is 5.75 Å². The van der Waals surface area contributed by atoms with E-state index in [1.165, 1.54) is 22.7 Å². The van der Waals surface area contributed by atoms with E-state index in [1.54, 1.807) is 12.1 Å². The average molecular weight is 486 g/mol. The van der Waals surface area contributed by atoms with Crippen molar-refractivity contribution in [2.24, 2.45) is 5.92 Å². The number of benzene rings is 1. The molecule has 1 aliphatic carbocycles. The van der Waals surface area contributed by atoms with Gasteiger partial charge in [-0.05, 0) is 66.8 Å². The zero-order chi connectivity index (χ0) is 22.9. The van der Waals surface area contributed by atoms with Crippen LogP contribution < -0.4 is 10.1 Å². The van der Waals surface area contributed by atoms with E-state index in [4.69, 9.17) is 9.47 Å². The lowest BCUT2D eigenvalue weighted by molar-refractivity contribution is -0.169. The first-order valence-corrected chi connectivity index (χ1v) is 13.3. The van der Waals surface area contributed by atoms with Gasteiger partial charge >= 0.3 is 5.97 Å². The summed E-state index contributed by atoms with van der Waals surface area (Å²) in [6.07, 6.45) is 5.00. The monoisotopic (exact) mass is 485 g/mol. The van der Waals surface area contributed by atoms with Crippen LogP contribution in [0.15, 0.2) is 65.4 Å². The highest BCUT2D eigenvalue weighted by Gasteiger charge is 2.45. The molecule has 2 aromatic heterocycles. The topological polar surface area (TPSA) is 67.8 Å². The number of aliphatic hydroxyl groups is 1. The largest absolute Gasteiger partial charge is 0.494 e. The lowest BCUT2D eigenvalue weighted by Crippen LogP contribution is -2.43. The molecule has 4 rings (SSSR count). The Hall–Kier alpha value is -2.19. The number of carbonyl (C=O) groups is 1. The van der Waals surface area contributed by atoms with Crippen molar-refractivity contribution in [1.29, 1.82) is 0 Å². The molecule has 0 amide bonds. The van der Waals surface area contributed by atoms with E-state index in [1.807, 2.05) is 53.2 Å². The van der Waals surface area contributed by atoms with Crippen molar-refractivity contribution >= 4 is 28.6 Å². The van der Waals surface area contributed by atoms with E-state index in [0.717, 1.165) is 44.4 Å². The molecular weight excluding hydrogens is 454 g/mol. The Morgan fingerprint density at radius 3 is 2.30 bits per heavy atom. The van der Waals surface area contributed by atoms with Crippen LogP contribution in [0.2, 0.25) is 0 Å². The minimum absolute atomic E-state index is 0.263. The summed E-state index contributed by atoms with van der Waals surface area (Å²) < 4.78 is 11.8. The van der Waals surface area contributed by atoms with Crippen molar-refractivity contribution in [3.63, 3.8) is 0 Å². The van der Waals surface area contributed by atoms with Gasteiger partial charge in [-0.1, -0.05) is 43.2 Å². The number of esters is 1. The molecule has 0 unspecified atom stereocenters. The van der Waals surface area contributed by atoms with Crippen LogP contribution >= 0.6 is 22.7 Å². The maximum atomic E-state index is 13.4. The Morgan fingerprint density at radius 2 is 1.70 bits per heavy atom. The minimum atomic E-state index is -1.76. The molecule has 2 heterocycles. The van der Waals surface area contributed by atoms with Gasteiger partial charge in [0.05, 0.1) is 16.4 Å². The van der Waals surface area contributed by atoms with E-state index in [0.29, 0.717) is 28.8 Å². The zero-order valence-electron chi connectivity index (χ0n) is 18.7. The van der Waals surface area contributed by atoms with Crippen LogP contribution in [0.25, 0.3) is 0 Å². The van der Waals surface area contributed by atoms with Crippen LogP contribution in [0, 0.1) is 5.92 Å². The molecule has 7 heteroatoms. The van der Waals surface area contributed by atoms with Crippen molar-refractivity contribution in [1.82, 2.24) is 5.32 Å². The molecule has 33 heavy (non-hydrogen) atoms. The van der Waals surface area contributed by atoms with E-state index in [2.05, 4.69) is 5.32 Å². The third-order valence-electron chi connectivity index (χ3n) is 6.09. The highest BCUT2D eigenvalue weighted by molar-refractivity contribution is 7.12. The van der Waals surface area contributed by atoms with Crippen LogP contribution in [-0.2, 0) is 15.1 Å². The van der Waals surface area contributed by atoms with Gasteiger partial charge in [0.2, 0.25) is 5.60 Å². The summed E-state index contributed by atoms with van der Waals surface area (Å²) in [5.41, 5.74) is -1.76. The molecule has 0 saturated heterocycles. The van der Waals surface area contributed by atoms with E-state index >= 15 is 0 Å². The summed E-state index contributed by atoms with van der Waals surface area (Å²) in [5.74, 6) is 0.605. The molecule has 1 saturated carbocycles. The predicted molar refractivity (Wildman–Crippen MR) is 133 cm³/mol. The quantitative estimate of drug-likeness (QED) is 0.272. The summed E-state index contributed by atoms with van der Waals surface area (Å²) in [4.78, 5) is 14.6. The summed E-state index contributed by atoms with van der Waals surface area (Å²) >= 11 is 2.73. The molecule has 5 nitrogen and oxygen atoms in total. The Bertz CT molecular complexity index is 919. The Labute approximate surface area is 203 Å². The number of para-hydroxylation sites is 1. The molecule has 0 bridgehead atoms. The van der Waals surface area contributed by atoms with Gasteiger partial charge in [-0.2, -0.15) is 0 Å². The maximum absolute atomic E-state index is 13.4. The normalized spacial score (nSPS) is 15.4. The van der Waals surface area contributed by atoms with Gasteiger partial charge < -0.3 is 19.9 Å². The van der Waals surface area contributed by atoms with E-state index < -0.39 is 11.6 Å². The number of ether oxygens (including phenoxy) is 2. The number of thiophene rings is 2. The number of carbonyl (C=O) groups excluding carboxylic acids is 1. The molecule has 3 aromatic rings. The molecule has 1 aromatic carbocycles. The van der Waals surface area contributed by atoms with Crippen molar-refractivity contribution in [2.75, 3.05) is 19.7 Å². The van der Waals surface area contributed by atoms with Gasteiger partial charge in [0.15, 0.2) is 0 Å². The summed E-state index contributed by atoms with van der Waals surface area (Å²) in [7, 11) is 0. The third-order valence-corrected chi connectivity index (χ3v) is 8.05. The van der Waals surface area contributed by atoms with Gasteiger partial charge in [0, 0.05) is 6.54 Å². The molecule has 0 radical (unpaired) electrons. The lowest BCUT2D eigenvalue weighted by Gasteiger charge is -2.30. The Morgan fingerprint density at radius 1 is 1.03 bits per heavy atom. The second kappa shape index (κ2) is 11.8. The lowest BCUT2D eigenvalue weighted by atomic mass is 9.97. The second-order valence-corrected chi connectivity index (χ2v) is 10.3. The van der Waals surface area contributed by atoms with Gasteiger partial charge in [-0.3, -0.25) is 0 Å². The third kappa shape index (κ3) is 6.03. The first kappa shape index (κ1) is 24.0. The number of hydrogen-bond donors (Lipinski definition) is 2. The van der Waals surface area contributed by atoms with Crippen LogP contribution in [0.3, 0.4) is 0 Å².